The maximum atomic E-state index is 11.9. The van der Waals surface area contributed by atoms with Crippen LogP contribution in [0.4, 0.5) is 17.2 Å². The smallest absolute Gasteiger partial charge is 0.229 e. The summed E-state index contributed by atoms with van der Waals surface area (Å²) in [5.41, 5.74) is 2.61. The number of rotatable bonds is 3. The van der Waals surface area contributed by atoms with Gasteiger partial charge in [-0.15, -0.1) is 0 Å². The van der Waals surface area contributed by atoms with E-state index in [1.54, 1.807) is 11.5 Å². The number of nitrogens with one attached hydrogen (secondary N) is 1. The average Bonchev–Trinajstić information content (AvgIpc) is 2.48. The molecule has 7 heteroatoms. The largest absolute Gasteiger partial charge is 0.761 e. The molecule has 0 saturated carbocycles. The third kappa shape index (κ3) is 2.55. The van der Waals surface area contributed by atoms with E-state index in [1.807, 2.05) is 6.07 Å². The van der Waals surface area contributed by atoms with Crippen molar-refractivity contribution in [1.29, 1.82) is 5.26 Å². The van der Waals surface area contributed by atoms with E-state index < -0.39 is 0 Å². The lowest BCUT2D eigenvalue weighted by molar-refractivity contribution is -0.115. The van der Waals surface area contributed by atoms with Crippen molar-refractivity contribution in [3.05, 3.63) is 47.6 Å². The minimum Gasteiger partial charge on any atom is -0.761 e. The van der Waals surface area contributed by atoms with Gasteiger partial charge in [0.2, 0.25) is 5.91 Å². The maximum absolute atomic E-state index is 11.9. The molecule has 0 fully saturated rings. The van der Waals surface area contributed by atoms with E-state index in [0.717, 1.165) is 0 Å². The summed E-state index contributed by atoms with van der Waals surface area (Å²) in [6, 6.07) is 6.41. The molecule has 0 spiro atoms. The van der Waals surface area contributed by atoms with E-state index in [1.165, 1.54) is 42.5 Å². The fourth-order valence-electron chi connectivity index (χ4n) is 1.73. The average molecular weight is 268 g/mol. The first-order valence-electron chi connectivity index (χ1n) is 5.66. The Morgan fingerprint density at radius 3 is 2.90 bits per heavy atom. The quantitative estimate of drug-likeness (QED) is 0.853. The van der Waals surface area contributed by atoms with Crippen LogP contribution in [0, 0.1) is 16.5 Å². The third-order valence-electron chi connectivity index (χ3n) is 2.57. The molecule has 0 bridgehead atoms. The lowest BCUT2D eigenvalue weighted by atomic mass is 10.2. The summed E-state index contributed by atoms with van der Waals surface area (Å²) in [6.07, 6.45) is 4.24. The van der Waals surface area contributed by atoms with Crippen LogP contribution in [0.1, 0.15) is 12.5 Å². The first kappa shape index (κ1) is 13.5. The number of nitrogens with zero attached hydrogens (tertiary/aromatic N) is 4. The van der Waals surface area contributed by atoms with Gasteiger partial charge < -0.3 is 10.7 Å². The molecule has 2 aromatic rings. The van der Waals surface area contributed by atoms with E-state index in [9.17, 15) is 10.0 Å². The second-order valence-corrected chi connectivity index (χ2v) is 3.86. The lowest BCUT2D eigenvalue weighted by Crippen LogP contribution is -2.24. The number of carbonyl (C=O) groups excluding carboxylic acids is 1. The molecule has 0 aliphatic heterocycles. The molecule has 0 aliphatic rings. The van der Waals surface area contributed by atoms with Gasteiger partial charge in [0.1, 0.15) is 11.9 Å². The molecule has 20 heavy (non-hydrogen) atoms. The molecule has 0 unspecified atom stereocenters. The van der Waals surface area contributed by atoms with Crippen molar-refractivity contribution in [3.8, 4) is 6.07 Å². The Morgan fingerprint density at radius 2 is 2.25 bits per heavy atom. The summed E-state index contributed by atoms with van der Waals surface area (Å²) in [5.74, 6) is -0.0794. The molecule has 0 saturated heterocycles. The minimum atomic E-state index is -0.330. The zero-order valence-corrected chi connectivity index (χ0v) is 10.6. The molecule has 1 amide bonds. The molecule has 100 valence electrons. The van der Waals surface area contributed by atoms with E-state index in [4.69, 9.17) is 5.26 Å². The molecule has 7 nitrogen and oxygen atoms in total. The Labute approximate surface area is 115 Å². The second kappa shape index (κ2) is 5.77. The fourth-order valence-corrected chi connectivity index (χ4v) is 1.73. The molecule has 2 rings (SSSR count). The van der Waals surface area contributed by atoms with Gasteiger partial charge in [-0.25, -0.2) is 4.98 Å². The van der Waals surface area contributed by atoms with E-state index in [-0.39, 0.29) is 23.0 Å². The number of amides is 1. The summed E-state index contributed by atoms with van der Waals surface area (Å²) in [4.78, 5) is 21.0. The highest BCUT2D eigenvalue weighted by Crippen LogP contribution is 2.27. The third-order valence-corrected chi connectivity index (χ3v) is 2.57. The second-order valence-electron chi connectivity index (χ2n) is 3.86. The summed E-state index contributed by atoms with van der Waals surface area (Å²) < 4.78 is 0. The number of aromatic nitrogens is 2. The molecule has 0 radical (unpaired) electrons. The minimum absolute atomic E-state index is 0.241. The van der Waals surface area contributed by atoms with Crippen molar-refractivity contribution in [2.75, 3.05) is 10.4 Å². The molecule has 2 heterocycles. The highest BCUT2D eigenvalue weighted by molar-refractivity contribution is 5.99. The van der Waals surface area contributed by atoms with Crippen LogP contribution < -0.4 is 10.4 Å². The molecular formula is C13H10N5O2-. The highest BCUT2D eigenvalue weighted by Gasteiger charge is 2.18. The van der Waals surface area contributed by atoms with Crippen LogP contribution in [0.2, 0.25) is 0 Å². The van der Waals surface area contributed by atoms with Crippen molar-refractivity contribution >= 4 is 23.1 Å². The normalized spacial score (nSPS) is 9.65. The van der Waals surface area contributed by atoms with Crippen molar-refractivity contribution in [2.45, 2.75) is 6.92 Å². The van der Waals surface area contributed by atoms with Gasteiger partial charge in [-0.1, -0.05) is 0 Å². The molecule has 2 aromatic heterocycles. The van der Waals surface area contributed by atoms with Crippen LogP contribution in [-0.4, -0.2) is 15.9 Å². The number of pyridine rings is 2. The van der Waals surface area contributed by atoms with Gasteiger partial charge in [-0.2, -0.15) is 5.26 Å². The first-order valence-corrected chi connectivity index (χ1v) is 5.66. The topological polar surface area (TPSA) is 105 Å². The molecule has 0 aromatic carbocycles. The lowest BCUT2D eigenvalue weighted by Gasteiger charge is -2.22. The van der Waals surface area contributed by atoms with Gasteiger partial charge in [0.05, 0.1) is 11.3 Å². The monoisotopic (exact) mass is 268 g/mol. The van der Waals surface area contributed by atoms with Gasteiger partial charge in [-0.05, 0) is 12.1 Å². The zero-order chi connectivity index (χ0) is 14.5. The van der Waals surface area contributed by atoms with E-state index in [2.05, 4.69) is 9.97 Å². The van der Waals surface area contributed by atoms with Gasteiger partial charge in [0.15, 0.2) is 0 Å². The predicted octanol–water partition coefficient (Wildman–Crippen LogP) is 1.94. The summed E-state index contributed by atoms with van der Waals surface area (Å²) >= 11 is 0. The fraction of sp³-hybridized carbons (Fsp3) is 0.0769. The predicted molar refractivity (Wildman–Crippen MR) is 73.0 cm³/mol. The van der Waals surface area contributed by atoms with Crippen LogP contribution in [0.25, 0.3) is 0 Å². The van der Waals surface area contributed by atoms with Crippen molar-refractivity contribution in [1.82, 2.24) is 9.97 Å². The van der Waals surface area contributed by atoms with Crippen LogP contribution in [0.5, 0.6) is 0 Å². The molecule has 1 N–H and O–H groups in total. The van der Waals surface area contributed by atoms with E-state index in [0.29, 0.717) is 5.69 Å². The zero-order valence-electron chi connectivity index (χ0n) is 10.6. The summed E-state index contributed by atoms with van der Waals surface area (Å²) in [5, 5.41) is 19.8. The first-order chi connectivity index (χ1) is 9.67. The summed E-state index contributed by atoms with van der Waals surface area (Å²) in [7, 11) is 0. The molecule has 0 aliphatic carbocycles. The number of anilines is 3. The molecule has 0 atom stereocenters. The number of nitriles is 1. The Bertz CT molecular complexity index is 680. The van der Waals surface area contributed by atoms with Gasteiger partial charge >= 0.3 is 0 Å². The standard InChI is InChI=1S/C13H10N5O2/c1-9(19)18(12-3-4-15-8-10(12)7-14)13-6-11(17-20)2-5-16-13/h2-6,8H,1H3,(H-,16,17,20)/q-1. The summed E-state index contributed by atoms with van der Waals surface area (Å²) in [6.45, 7) is 1.35. The maximum Gasteiger partial charge on any atom is 0.229 e. The Morgan fingerprint density at radius 1 is 1.45 bits per heavy atom. The van der Waals surface area contributed by atoms with Crippen molar-refractivity contribution < 1.29 is 4.79 Å². The highest BCUT2D eigenvalue weighted by atomic mass is 16.5. The van der Waals surface area contributed by atoms with Gasteiger partial charge in [0, 0.05) is 37.3 Å². The Balaban J connectivity index is 2.57. The van der Waals surface area contributed by atoms with E-state index >= 15 is 0 Å². The SMILES string of the molecule is CC(=O)N(c1cc(N[O-])ccn1)c1ccncc1C#N. The molecular weight excluding hydrogens is 258 g/mol. The van der Waals surface area contributed by atoms with Crippen LogP contribution >= 0.6 is 0 Å². The number of hydrogen-bond donors (Lipinski definition) is 1. The van der Waals surface area contributed by atoms with Crippen molar-refractivity contribution in [2.24, 2.45) is 0 Å². The van der Waals surface area contributed by atoms with Crippen molar-refractivity contribution in [3.63, 3.8) is 0 Å². The Hall–Kier alpha value is -2.98. The number of carbonyl (C=O) groups is 1. The Kier molecular flexibility index (Phi) is 3.88. The van der Waals surface area contributed by atoms with Crippen LogP contribution in [-0.2, 0) is 4.79 Å². The van der Waals surface area contributed by atoms with Crippen LogP contribution in [0.3, 0.4) is 0 Å². The number of hydrogen-bond acceptors (Lipinski definition) is 6. The van der Waals surface area contributed by atoms with Crippen LogP contribution in [0.15, 0.2) is 36.8 Å². The van der Waals surface area contributed by atoms with Gasteiger partial charge in [0.25, 0.3) is 0 Å². The van der Waals surface area contributed by atoms with Gasteiger partial charge in [-0.3, -0.25) is 14.7 Å².